The Balaban J connectivity index is 2.40. The van der Waals surface area contributed by atoms with Crippen LogP contribution in [0.4, 0.5) is 0 Å². The Morgan fingerprint density at radius 3 is 1.73 bits per heavy atom. The van der Waals surface area contributed by atoms with E-state index in [2.05, 4.69) is 41.6 Å². The molecule has 304 valence electrons. The van der Waals surface area contributed by atoms with Gasteiger partial charge in [-0.1, -0.05) is 32.0 Å². The topological polar surface area (TPSA) is 374 Å². The number of aliphatic carboxylic acids is 1. The van der Waals surface area contributed by atoms with Gasteiger partial charge in [0.05, 0.1) is 12.6 Å². The van der Waals surface area contributed by atoms with Crippen molar-refractivity contribution in [2.75, 3.05) is 19.6 Å². The number of para-hydroxylation sites is 1. The first-order valence-corrected chi connectivity index (χ1v) is 17.7. The van der Waals surface area contributed by atoms with Crippen molar-refractivity contribution < 1.29 is 39.0 Å². The molecule has 1 aromatic heterocycles. The lowest BCUT2D eigenvalue weighted by atomic mass is 10.0. The molecule has 0 spiro atoms. The minimum absolute atomic E-state index is 0.0220. The summed E-state index contributed by atoms with van der Waals surface area (Å²) in [6.45, 7) is 4.11. The van der Waals surface area contributed by atoms with Gasteiger partial charge in [-0.2, -0.15) is 0 Å². The van der Waals surface area contributed by atoms with Crippen LogP contribution in [0.1, 0.15) is 52.0 Å². The quantitative estimate of drug-likeness (QED) is 0.0294. The van der Waals surface area contributed by atoms with E-state index in [1.807, 2.05) is 24.3 Å². The SMILES string of the molecule is CC(C)[C@H](NC(=O)[C@@H](NC(=O)[C@H](CCCN=C(N)N)NC(=O)[C@H](CCCN=C(N)N)NC(=O)[C@H](Cc1c[nH]c2ccccc12)NC(=O)CN)[C@@H](C)O)C(=O)O. The molecule has 0 bridgehead atoms. The number of nitrogens with two attached hydrogens (primary N) is 5. The number of fused-ring (bicyclic) bond motifs is 1. The van der Waals surface area contributed by atoms with Crippen molar-refractivity contribution >= 4 is 58.3 Å². The second kappa shape index (κ2) is 22.3. The molecule has 18 N–H and O–H groups in total. The van der Waals surface area contributed by atoms with Gasteiger partial charge >= 0.3 is 5.97 Å². The number of carbonyl (C=O) groups is 6. The predicted molar refractivity (Wildman–Crippen MR) is 205 cm³/mol. The Kier molecular flexibility index (Phi) is 18.3. The van der Waals surface area contributed by atoms with E-state index >= 15 is 0 Å². The van der Waals surface area contributed by atoms with E-state index in [0.29, 0.717) is 5.56 Å². The lowest BCUT2D eigenvalue weighted by Crippen LogP contribution is -2.61. The predicted octanol–water partition coefficient (Wildman–Crippen LogP) is -3.68. The van der Waals surface area contributed by atoms with Crippen molar-refractivity contribution in [3.05, 3.63) is 36.0 Å². The fourth-order valence-corrected chi connectivity index (χ4v) is 5.49. The Bertz CT molecular complexity index is 1690. The van der Waals surface area contributed by atoms with E-state index in [9.17, 15) is 39.0 Å². The van der Waals surface area contributed by atoms with Crippen LogP contribution in [0, 0.1) is 5.92 Å². The highest BCUT2D eigenvalue weighted by Crippen LogP contribution is 2.19. The number of aliphatic hydroxyl groups excluding tert-OH is 1. The number of aliphatic hydroxyl groups is 1. The minimum atomic E-state index is -1.61. The number of aromatic amines is 1. The van der Waals surface area contributed by atoms with Crippen LogP contribution in [-0.2, 0) is 35.2 Å². The number of amides is 5. The van der Waals surface area contributed by atoms with E-state index in [0.717, 1.165) is 10.9 Å². The number of hydrogen-bond acceptors (Lipinski definition) is 10. The highest BCUT2D eigenvalue weighted by molar-refractivity contribution is 5.96. The molecule has 0 fully saturated rings. The van der Waals surface area contributed by atoms with Crippen molar-refractivity contribution in [2.24, 2.45) is 44.6 Å². The number of aromatic nitrogens is 1. The number of carboxylic acids is 1. The third kappa shape index (κ3) is 15.1. The lowest BCUT2D eigenvalue weighted by Gasteiger charge is -2.28. The molecule has 55 heavy (non-hydrogen) atoms. The maximum atomic E-state index is 13.9. The zero-order valence-corrected chi connectivity index (χ0v) is 31.2. The van der Waals surface area contributed by atoms with Crippen LogP contribution < -0.4 is 55.3 Å². The van der Waals surface area contributed by atoms with Gasteiger partial charge in [-0.05, 0) is 50.2 Å². The van der Waals surface area contributed by atoms with Crippen LogP contribution in [0.5, 0.6) is 0 Å². The van der Waals surface area contributed by atoms with Crippen LogP contribution in [0.15, 0.2) is 40.4 Å². The third-order valence-electron chi connectivity index (χ3n) is 8.39. The van der Waals surface area contributed by atoms with Gasteiger partial charge in [0.15, 0.2) is 11.9 Å². The molecule has 0 aliphatic heterocycles. The first kappa shape index (κ1) is 45.2. The maximum absolute atomic E-state index is 13.9. The summed E-state index contributed by atoms with van der Waals surface area (Å²) in [5, 5.41) is 33.3. The van der Waals surface area contributed by atoms with Crippen molar-refractivity contribution in [1.82, 2.24) is 31.6 Å². The van der Waals surface area contributed by atoms with Gasteiger partial charge in [-0.25, -0.2) is 4.79 Å². The zero-order valence-electron chi connectivity index (χ0n) is 31.2. The molecule has 0 saturated carbocycles. The number of carbonyl (C=O) groups excluding carboxylic acids is 5. The van der Waals surface area contributed by atoms with Gasteiger partial charge < -0.3 is 70.4 Å². The average Bonchev–Trinajstić information content (AvgIpc) is 3.53. The number of benzene rings is 1. The molecule has 6 atom stereocenters. The van der Waals surface area contributed by atoms with E-state index in [-0.39, 0.29) is 57.1 Å². The molecule has 5 amide bonds. The molecule has 0 radical (unpaired) electrons. The van der Waals surface area contributed by atoms with Crippen LogP contribution in [0.3, 0.4) is 0 Å². The highest BCUT2D eigenvalue weighted by atomic mass is 16.4. The summed E-state index contributed by atoms with van der Waals surface area (Å²) in [5.41, 5.74) is 28.8. The maximum Gasteiger partial charge on any atom is 0.326 e. The number of guanidine groups is 2. The van der Waals surface area contributed by atoms with Gasteiger partial charge in [-0.15, -0.1) is 0 Å². The molecular weight excluding hydrogens is 718 g/mol. The van der Waals surface area contributed by atoms with Crippen molar-refractivity contribution in [3.63, 3.8) is 0 Å². The van der Waals surface area contributed by atoms with E-state index in [1.165, 1.54) is 6.92 Å². The summed E-state index contributed by atoms with van der Waals surface area (Å²) < 4.78 is 0. The number of rotatable bonds is 23. The number of hydrogen-bond donors (Lipinski definition) is 13. The fraction of sp³-hybridized carbons (Fsp3) is 0.529. The largest absolute Gasteiger partial charge is 0.480 e. The Morgan fingerprint density at radius 1 is 0.727 bits per heavy atom. The summed E-state index contributed by atoms with van der Waals surface area (Å²) >= 11 is 0. The second-order valence-electron chi connectivity index (χ2n) is 13.2. The number of carboxylic acid groups (broad SMARTS) is 1. The number of nitrogens with one attached hydrogen (secondary N) is 6. The average molecular weight is 774 g/mol. The molecule has 1 heterocycles. The smallest absolute Gasteiger partial charge is 0.326 e. The Hall–Kier alpha value is -5.96. The van der Waals surface area contributed by atoms with E-state index in [4.69, 9.17) is 28.7 Å². The molecule has 0 saturated heterocycles. The molecule has 1 aromatic carbocycles. The van der Waals surface area contributed by atoms with Crippen molar-refractivity contribution in [3.8, 4) is 0 Å². The molecule has 0 aliphatic rings. The van der Waals surface area contributed by atoms with Gasteiger partial charge in [0.2, 0.25) is 29.5 Å². The third-order valence-corrected chi connectivity index (χ3v) is 8.39. The zero-order chi connectivity index (χ0) is 41.2. The second-order valence-corrected chi connectivity index (χ2v) is 13.2. The summed E-state index contributed by atoms with van der Waals surface area (Å²) in [6, 6.07) is 0.580. The fourth-order valence-electron chi connectivity index (χ4n) is 5.49. The summed E-state index contributed by atoms with van der Waals surface area (Å²) in [4.78, 5) is 89.6. The first-order valence-electron chi connectivity index (χ1n) is 17.7. The van der Waals surface area contributed by atoms with Gasteiger partial charge in [0.25, 0.3) is 0 Å². The van der Waals surface area contributed by atoms with Gasteiger partial charge in [-0.3, -0.25) is 34.0 Å². The standard InChI is InChI=1S/C34H55N13O8/c1-17(2)26(32(54)55)46-31(53)27(18(3)48)47-29(51)23(11-7-13-41-34(38)39)44-28(50)22(10-6-12-40-33(36)37)45-30(52)24(43-25(49)15-35)14-19-16-42-21-9-5-4-8-20(19)21/h4-5,8-9,16-18,22-24,26-27,42,48H,6-7,10-15,35H2,1-3H3,(H,43,49)(H,44,50)(H,45,52)(H,46,53)(H,47,51)(H,54,55)(H4,36,37,40)(H4,38,39,41)/t18-,22+,23+,24+,26+,27+/m1/s1. The normalized spacial score (nSPS) is 14.3. The minimum Gasteiger partial charge on any atom is -0.480 e. The van der Waals surface area contributed by atoms with Crippen LogP contribution in [0.2, 0.25) is 0 Å². The van der Waals surface area contributed by atoms with Crippen LogP contribution in [-0.4, -0.2) is 119 Å². The summed E-state index contributed by atoms with van der Waals surface area (Å²) in [6.07, 6.45) is 0.518. The van der Waals surface area contributed by atoms with Crippen LogP contribution in [0.25, 0.3) is 10.9 Å². The van der Waals surface area contributed by atoms with Crippen LogP contribution >= 0.6 is 0 Å². The van der Waals surface area contributed by atoms with Crippen molar-refractivity contribution in [1.29, 1.82) is 0 Å². The number of H-pyrrole nitrogens is 1. The van der Waals surface area contributed by atoms with Gasteiger partial charge in [0, 0.05) is 36.6 Å². The Labute approximate surface area is 318 Å². The summed E-state index contributed by atoms with van der Waals surface area (Å²) in [5.74, 6) is -6.29. The number of nitrogens with zero attached hydrogens (tertiary/aromatic N) is 2. The molecule has 21 heteroatoms. The molecule has 0 aliphatic carbocycles. The van der Waals surface area contributed by atoms with Gasteiger partial charge in [0.1, 0.15) is 30.2 Å². The molecular formula is C34H55N13O8. The van der Waals surface area contributed by atoms with E-state index in [1.54, 1.807) is 20.0 Å². The van der Waals surface area contributed by atoms with Crippen molar-refractivity contribution in [2.45, 2.75) is 89.2 Å². The first-order chi connectivity index (χ1) is 25.9. The Morgan fingerprint density at radius 2 is 1.24 bits per heavy atom. The monoisotopic (exact) mass is 773 g/mol. The summed E-state index contributed by atoms with van der Waals surface area (Å²) in [7, 11) is 0. The molecule has 2 aromatic rings. The molecule has 2 rings (SSSR count). The highest BCUT2D eigenvalue weighted by Gasteiger charge is 2.34. The lowest BCUT2D eigenvalue weighted by molar-refractivity contribution is -0.144. The van der Waals surface area contributed by atoms with E-state index < -0.39 is 84.3 Å². The number of aliphatic imine (C=N–C) groups is 2. The molecule has 21 nitrogen and oxygen atoms in total. The molecule has 0 unspecified atom stereocenters.